The second-order valence-corrected chi connectivity index (χ2v) is 6.06. The van der Waals surface area contributed by atoms with Crippen LogP contribution in [0.2, 0.25) is 0 Å². The lowest BCUT2D eigenvalue weighted by Gasteiger charge is -2.13. The number of nitrogens with one attached hydrogen (secondary N) is 2. The zero-order valence-corrected chi connectivity index (χ0v) is 14.3. The summed E-state index contributed by atoms with van der Waals surface area (Å²) < 4.78 is 5.58. The lowest BCUT2D eigenvalue weighted by Crippen LogP contribution is -2.37. The van der Waals surface area contributed by atoms with Crippen molar-refractivity contribution in [2.24, 2.45) is 5.10 Å². The van der Waals surface area contributed by atoms with Crippen LogP contribution in [0.25, 0.3) is 0 Å². The molecule has 0 saturated carbocycles. The van der Waals surface area contributed by atoms with E-state index in [0.717, 1.165) is 36.3 Å². The molecule has 4 nitrogen and oxygen atoms in total. The normalized spacial score (nSPS) is 16.4. The van der Waals surface area contributed by atoms with Gasteiger partial charge in [0.2, 0.25) is 0 Å². The second kappa shape index (κ2) is 8.57. The van der Waals surface area contributed by atoms with E-state index in [9.17, 15) is 0 Å². The molecule has 124 valence electrons. The summed E-state index contributed by atoms with van der Waals surface area (Å²) in [4.78, 5) is 0. The minimum atomic E-state index is 0.247. The smallest absolute Gasteiger partial charge is 0.187 e. The quantitative estimate of drug-likeness (QED) is 0.499. The number of hydrogen-bond donors (Lipinski definition) is 2. The van der Waals surface area contributed by atoms with E-state index in [-0.39, 0.29) is 6.10 Å². The molecule has 0 bridgehead atoms. The number of hydrogen-bond acceptors (Lipinski definition) is 3. The third-order valence-electron chi connectivity index (χ3n) is 3.88. The molecule has 0 amide bonds. The molecule has 0 radical (unpaired) electrons. The highest BCUT2D eigenvalue weighted by atomic mass is 32.1. The van der Waals surface area contributed by atoms with Gasteiger partial charge in [0, 0.05) is 24.3 Å². The van der Waals surface area contributed by atoms with E-state index in [4.69, 9.17) is 17.0 Å². The Labute approximate surface area is 147 Å². The van der Waals surface area contributed by atoms with Crippen LogP contribution in [-0.4, -0.2) is 30.1 Å². The van der Waals surface area contributed by atoms with Crippen molar-refractivity contribution in [3.8, 4) is 0 Å². The van der Waals surface area contributed by atoms with Crippen molar-refractivity contribution < 1.29 is 4.74 Å². The van der Waals surface area contributed by atoms with Crippen LogP contribution in [0.15, 0.2) is 65.8 Å². The Morgan fingerprint density at radius 1 is 1.04 bits per heavy atom. The number of hydrazone groups is 1. The fourth-order valence-electron chi connectivity index (χ4n) is 2.65. The molecule has 1 saturated heterocycles. The molecule has 0 aliphatic carbocycles. The maximum absolute atomic E-state index is 5.58. The molecule has 1 aliphatic heterocycles. The van der Waals surface area contributed by atoms with E-state index >= 15 is 0 Å². The summed E-state index contributed by atoms with van der Waals surface area (Å²) in [5, 5.41) is 8.21. The topological polar surface area (TPSA) is 45.6 Å². The van der Waals surface area contributed by atoms with Crippen molar-refractivity contribution >= 4 is 23.0 Å². The van der Waals surface area contributed by atoms with Crippen molar-refractivity contribution in [3.05, 3.63) is 71.8 Å². The van der Waals surface area contributed by atoms with Gasteiger partial charge in [0.1, 0.15) is 0 Å². The SMILES string of the molecule is S=C(NCC1CCCO1)NN=C(c1ccccc1)c1ccccc1. The van der Waals surface area contributed by atoms with Gasteiger partial charge in [0.15, 0.2) is 5.11 Å². The largest absolute Gasteiger partial charge is 0.376 e. The van der Waals surface area contributed by atoms with Crippen LogP contribution in [0.5, 0.6) is 0 Å². The zero-order chi connectivity index (χ0) is 16.6. The molecule has 0 aromatic heterocycles. The minimum Gasteiger partial charge on any atom is -0.376 e. The first kappa shape index (κ1) is 16.6. The van der Waals surface area contributed by atoms with E-state index in [1.54, 1.807) is 0 Å². The highest BCUT2D eigenvalue weighted by Gasteiger charge is 2.15. The summed E-state index contributed by atoms with van der Waals surface area (Å²) in [5.74, 6) is 0. The first-order chi connectivity index (χ1) is 11.8. The van der Waals surface area contributed by atoms with E-state index in [0.29, 0.717) is 11.7 Å². The van der Waals surface area contributed by atoms with Crippen LogP contribution in [0, 0.1) is 0 Å². The van der Waals surface area contributed by atoms with E-state index in [1.807, 2.05) is 60.7 Å². The van der Waals surface area contributed by atoms with Crippen LogP contribution in [0.4, 0.5) is 0 Å². The van der Waals surface area contributed by atoms with Gasteiger partial charge in [-0.3, -0.25) is 5.43 Å². The van der Waals surface area contributed by atoms with Crippen LogP contribution in [0.1, 0.15) is 24.0 Å². The van der Waals surface area contributed by atoms with Gasteiger partial charge in [-0.1, -0.05) is 60.7 Å². The summed E-state index contributed by atoms with van der Waals surface area (Å²) in [6.45, 7) is 1.56. The maximum Gasteiger partial charge on any atom is 0.187 e. The minimum absolute atomic E-state index is 0.247. The fraction of sp³-hybridized carbons (Fsp3) is 0.263. The molecular formula is C19H21N3OS. The molecule has 5 heteroatoms. The predicted molar refractivity (Wildman–Crippen MR) is 101 cm³/mol. The summed E-state index contributed by atoms with van der Waals surface area (Å²) in [6.07, 6.45) is 2.45. The Hall–Kier alpha value is -2.24. The van der Waals surface area contributed by atoms with E-state index in [1.165, 1.54) is 0 Å². The Balaban J connectivity index is 1.68. The standard InChI is InChI=1S/C19H21N3OS/c24-19(20-14-17-12-7-13-23-17)22-21-18(15-8-3-1-4-9-15)16-10-5-2-6-11-16/h1-6,8-11,17H,7,12-14H2,(H2,20,22,24). The fourth-order valence-corrected chi connectivity index (χ4v) is 2.77. The van der Waals surface area contributed by atoms with Crippen molar-refractivity contribution in [2.45, 2.75) is 18.9 Å². The molecule has 24 heavy (non-hydrogen) atoms. The molecule has 1 fully saturated rings. The third-order valence-corrected chi connectivity index (χ3v) is 4.11. The molecule has 2 N–H and O–H groups in total. The molecule has 0 spiro atoms. The van der Waals surface area contributed by atoms with Gasteiger partial charge in [0.05, 0.1) is 11.8 Å². The maximum atomic E-state index is 5.58. The first-order valence-electron chi connectivity index (χ1n) is 8.17. The van der Waals surface area contributed by atoms with Gasteiger partial charge in [-0.2, -0.15) is 5.10 Å². The van der Waals surface area contributed by atoms with Gasteiger partial charge >= 0.3 is 0 Å². The van der Waals surface area contributed by atoms with Crippen LogP contribution in [0.3, 0.4) is 0 Å². The van der Waals surface area contributed by atoms with Gasteiger partial charge in [-0.05, 0) is 25.1 Å². The molecule has 2 aromatic carbocycles. The van der Waals surface area contributed by atoms with Gasteiger partial charge in [0.25, 0.3) is 0 Å². The summed E-state index contributed by atoms with van der Waals surface area (Å²) in [7, 11) is 0. The lowest BCUT2D eigenvalue weighted by atomic mass is 10.0. The van der Waals surface area contributed by atoms with Gasteiger partial charge in [-0.25, -0.2) is 0 Å². The number of ether oxygens (including phenoxy) is 1. The molecule has 1 aliphatic rings. The van der Waals surface area contributed by atoms with Crippen molar-refractivity contribution in [3.63, 3.8) is 0 Å². The lowest BCUT2D eigenvalue weighted by molar-refractivity contribution is 0.114. The van der Waals surface area contributed by atoms with Crippen molar-refractivity contribution in [1.82, 2.24) is 10.7 Å². The summed E-state index contributed by atoms with van der Waals surface area (Å²) in [6, 6.07) is 20.1. The third kappa shape index (κ3) is 4.63. The Kier molecular flexibility index (Phi) is 5.93. The van der Waals surface area contributed by atoms with Crippen LogP contribution >= 0.6 is 12.2 Å². The number of rotatable bonds is 5. The Bertz CT molecular complexity index is 641. The van der Waals surface area contributed by atoms with Gasteiger partial charge in [-0.15, -0.1) is 0 Å². The Morgan fingerprint density at radius 3 is 2.21 bits per heavy atom. The van der Waals surface area contributed by atoms with Crippen LogP contribution < -0.4 is 10.7 Å². The van der Waals surface area contributed by atoms with Gasteiger partial charge < -0.3 is 10.1 Å². The highest BCUT2D eigenvalue weighted by molar-refractivity contribution is 7.80. The molecule has 1 unspecified atom stereocenters. The summed E-state index contributed by atoms with van der Waals surface area (Å²) >= 11 is 5.32. The Morgan fingerprint density at radius 2 is 1.67 bits per heavy atom. The second-order valence-electron chi connectivity index (χ2n) is 5.65. The van der Waals surface area contributed by atoms with E-state index in [2.05, 4.69) is 15.8 Å². The molecule has 1 heterocycles. The number of thiocarbonyl (C=S) groups is 1. The number of benzene rings is 2. The summed E-state index contributed by atoms with van der Waals surface area (Å²) in [5.41, 5.74) is 5.90. The average Bonchev–Trinajstić information content (AvgIpc) is 3.16. The molecule has 2 aromatic rings. The van der Waals surface area contributed by atoms with E-state index < -0.39 is 0 Å². The molecule has 1 atom stereocenters. The number of nitrogens with zero attached hydrogens (tertiary/aromatic N) is 1. The monoisotopic (exact) mass is 339 g/mol. The zero-order valence-electron chi connectivity index (χ0n) is 13.4. The average molecular weight is 339 g/mol. The van der Waals surface area contributed by atoms with Crippen molar-refractivity contribution in [1.29, 1.82) is 0 Å². The molecular weight excluding hydrogens is 318 g/mol. The van der Waals surface area contributed by atoms with Crippen LogP contribution in [-0.2, 0) is 4.74 Å². The van der Waals surface area contributed by atoms with Crippen molar-refractivity contribution in [2.75, 3.05) is 13.2 Å². The molecule has 3 rings (SSSR count). The first-order valence-corrected chi connectivity index (χ1v) is 8.58. The predicted octanol–water partition coefficient (Wildman–Crippen LogP) is 3.08. The highest BCUT2D eigenvalue weighted by Crippen LogP contribution is 2.11.